The normalized spacial score (nSPS) is 14.5. The average molecular weight is 603 g/mol. The molecule has 0 saturated heterocycles. The fourth-order valence-corrected chi connectivity index (χ4v) is 6.73. The lowest BCUT2D eigenvalue weighted by Gasteiger charge is -2.32. The standard InChI is InChI=1S/C30H33Cl2N3O4S/c1-21-9-8-12-26(17-21)35(40(38,39)27-13-4-3-5-14-27)20-29(36)34(19-23-15-16-24(31)18-28(23)32)22(2)30(37)33-25-10-6-7-11-25/h3-5,8-9,12-18,22,25H,6-7,10-11,19-20H2,1-2H3,(H,33,37)/t22-/m0/s1. The Bertz CT molecular complexity index is 1460. The summed E-state index contributed by atoms with van der Waals surface area (Å²) in [5, 5.41) is 3.84. The van der Waals surface area contributed by atoms with Crippen LogP contribution in [-0.4, -0.2) is 43.8 Å². The Balaban J connectivity index is 1.70. The van der Waals surface area contributed by atoms with Crippen molar-refractivity contribution >= 4 is 50.7 Å². The number of hydrogen-bond donors (Lipinski definition) is 1. The lowest BCUT2D eigenvalue weighted by atomic mass is 10.1. The second-order valence-electron chi connectivity index (χ2n) is 10.1. The third-order valence-electron chi connectivity index (χ3n) is 7.12. The zero-order chi connectivity index (χ0) is 28.9. The largest absolute Gasteiger partial charge is 0.352 e. The van der Waals surface area contributed by atoms with Gasteiger partial charge in [0.15, 0.2) is 0 Å². The number of hydrogen-bond acceptors (Lipinski definition) is 4. The molecule has 0 bridgehead atoms. The number of carbonyl (C=O) groups excluding carboxylic acids is 2. The molecule has 10 heteroatoms. The minimum absolute atomic E-state index is 0.00112. The first-order valence-electron chi connectivity index (χ1n) is 13.2. The van der Waals surface area contributed by atoms with Crippen LogP contribution in [0.3, 0.4) is 0 Å². The van der Waals surface area contributed by atoms with Crippen molar-refractivity contribution in [3.63, 3.8) is 0 Å². The maximum absolute atomic E-state index is 14.0. The van der Waals surface area contributed by atoms with Crippen LogP contribution in [0.25, 0.3) is 0 Å². The third-order valence-corrected chi connectivity index (χ3v) is 9.50. The van der Waals surface area contributed by atoms with Gasteiger partial charge in [0.2, 0.25) is 11.8 Å². The molecule has 0 heterocycles. The van der Waals surface area contributed by atoms with Gasteiger partial charge in [0.1, 0.15) is 12.6 Å². The molecule has 40 heavy (non-hydrogen) atoms. The van der Waals surface area contributed by atoms with Gasteiger partial charge in [0.05, 0.1) is 10.6 Å². The van der Waals surface area contributed by atoms with Crippen LogP contribution in [0.4, 0.5) is 5.69 Å². The topological polar surface area (TPSA) is 86.8 Å². The van der Waals surface area contributed by atoms with Gasteiger partial charge in [-0.15, -0.1) is 0 Å². The predicted octanol–water partition coefficient (Wildman–Crippen LogP) is 5.97. The number of carbonyl (C=O) groups is 2. The number of rotatable bonds is 10. The molecule has 2 amide bonds. The monoisotopic (exact) mass is 601 g/mol. The van der Waals surface area contributed by atoms with Gasteiger partial charge in [-0.25, -0.2) is 8.42 Å². The van der Waals surface area contributed by atoms with E-state index in [1.54, 1.807) is 61.5 Å². The Morgan fingerprint density at radius 2 is 1.68 bits per heavy atom. The van der Waals surface area contributed by atoms with E-state index in [4.69, 9.17) is 23.2 Å². The van der Waals surface area contributed by atoms with E-state index in [1.807, 2.05) is 13.0 Å². The fraction of sp³-hybridized carbons (Fsp3) is 0.333. The molecule has 7 nitrogen and oxygen atoms in total. The molecule has 3 aromatic rings. The van der Waals surface area contributed by atoms with E-state index < -0.39 is 28.5 Å². The van der Waals surface area contributed by atoms with E-state index in [2.05, 4.69) is 5.32 Å². The molecule has 1 fully saturated rings. The van der Waals surface area contributed by atoms with Crippen LogP contribution in [0.1, 0.15) is 43.7 Å². The summed E-state index contributed by atoms with van der Waals surface area (Å²) in [7, 11) is -4.11. The minimum Gasteiger partial charge on any atom is -0.352 e. The summed E-state index contributed by atoms with van der Waals surface area (Å²) in [6.45, 7) is 2.99. The average Bonchev–Trinajstić information content (AvgIpc) is 3.44. The number of anilines is 1. The maximum Gasteiger partial charge on any atom is 0.264 e. The molecule has 4 rings (SSSR count). The predicted molar refractivity (Wildman–Crippen MR) is 159 cm³/mol. The van der Waals surface area contributed by atoms with Crippen molar-refractivity contribution in [3.8, 4) is 0 Å². The molecular formula is C30H33Cl2N3O4S. The molecule has 0 unspecified atom stereocenters. The molecule has 0 aliphatic heterocycles. The molecule has 1 aliphatic rings. The van der Waals surface area contributed by atoms with Crippen LogP contribution in [0.15, 0.2) is 77.7 Å². The minimum atomic E-state index is -4.11. The van der Waals surface area contributed by atoms with E-state index in [1.165, 1.54) is 17.0 Å². The molecule has 1 aliphatic carbocycles. The van der Waals surface area contributed by atoms with Crippen LogP contribution in [0.2, 0.25) is 10.0 Å². The van der Waals surface area contributed by atoms with Gasteiger partial charge in [-0.3, -0.25) is 13.9 Å². The Labute approximate surface area is 246 Å². The highest BCUT2D eigenvalue weighted by molar-refractivity contribution is 7.92. The van der Waals surface area contributed by atoms with Crippen molar-refractivity contribution in [2.45, 2.75) is 63.1 Å². The van der Waals surface area contributed by atoms with Crippen molar-refractivity contribution in [3.05, 3.63) is 94.0 Å². The number of sulfonamides is 1. The summed E-state index contributed by atoms with van der Waals surface area (Å²) in [6.07, 6.45) is 3.88. The van der Waals surface area contributed by atoms with E-state index in [0.29, 0.717) is 21.3 Å². The molecular weight excluding hydrogens is 569 g/mol. The van der Waals surface area contributed by atoms with Crippen LogP contribution in [0.5, 0.6) is 0 Å². The number of benzene rings is 3. The van der Waals surface area contributed by atoms with Crippen molar-refractivity contribution in [1.29, 1.82) is 0 Å². The first-order chi connectivity index (χ1) is 19.1. The molecule has 0 radical (unpaired) electrons. The van der Waals surface area contributed by atoms with Gasteiger partial charge in [-0.2, -0.15) is 0 Å². The Morgan fingerprint density at radius 3 is 2.33 bits per heavy atom. The number of halogens is 2. The fourth-order valence-electron chi connectivity index (χ4n) is 4.84. The molecule has 1 atom stereocenters. The van der Waals surface area contributed by atoms with Gasteiger partial charge in [-0.05, 0) is 74.2 Å². The number of aryl methyl sites for hydroxylation is 1. The van der Waals surface area contributed by atoms with E-state index in [9.17, 15) is 18.0 Å². The maximum atomic E-state index is 14.0. The Kier molecular flexibility index (Phi) is 9.77. The summed E-state index contributed by atoms with van der Waals surface area (Å²) in [5.74, 6) is -0.834. The molecule has 212 valence electrons. The quantitative estimate of drug-likeness (QED) is 0.310. The van der Waals surface area contributed by atoms with Crippen molar-refractivity contribution in [2.75, 3.05) is 10.8 Å². The first kappa shape index (κ1) is 29.9. The molecule has 1 N–H and O–H groups in total. The van der Waals surface area contributed by atoms with E-state index >= 15 is 0 Å². The van der Waals surface area contributed by atoms with Crippen LogP contribution in [0, 0.1) is 6.92 Å². The summed E-state index contributed by atoms with van der Waals surface area (Å²) in [6, 6.07) is 19.0. The molecule has 1 saturated carbocycles. The third kappa shape index (κ3) is 7.16. The number of nitrogens with zero attached hydrogens (tertiary/aromatic N) is 2. The zero-order valence-electron chi connectivity index (χ0n) is 22.5. The second-order valence-corrected chi connectivity index (χ2v) is 12.8. The Morgan fingerprint density at radius 1 is 0.975 bits per heavy atom. The van der Waals surface area contributed by atoms with Gasteiger partial charge < -0.3 is 10.2 Å². The summed E-state index contributed by atoms with van der Waals surface area (Å²) in [5.41, 5.74) is 1.78. The SMILES string of the molecule is Cc1cccc(N(CC(=O)N(Cc2ccc(Cl)cc2Cl)[C@@H](C)C(=O)NC2CCCC2)S(=O)(=O)c2ccccc2)c1. The van der Waals surface area contributed by atoms with Gasteiger partial charge in [-0.1, -0.05) is 72.4 Å². The number of amides is 2. The second kappa shape index (κ2) is 13.1. The zero-order valence-corrected chi connectivity index (χ0v) is 24.8. The first-order valence-corrected chi connectivity index (χ1v) is 15.4. The molecule has 0 aromatic heterocycles. The van der Waals surface area contributed by atoms with Crippen molar-refractivity contribution < 1.29 is 18.0 Å². The van der Waals surface area contributed by atoms with Crippen LogP contribution < -0.4 is 9.62 Å². The molecule has 3 aromatic carbocycles. The lowest BCUT2D eigenvalue weighted by Crippen LogP contribution is -2.52. The van der Waals surface area contributed by atoms with Crippen LogP contribution in [-0.2, 0) is 26.2 Å². The smallest absolute Gasteiger partial charge is 0.264 e. The van der Waals surface area contributed by atoms with Crippen molar-refractivity contribution in [2.24, 2.45) is 0 Å². The lowest BCUT2D eigenvalue weighted by molar-refractivity contribution is -0.139. The van der Waals surface area contributed by atoms with Crippen molar-refractivity contribution in [1.82, 2.24) is 10.2 Å². The van der Waals surface area contributed by atoms with Gasteiger partial charge in [0.25, 0.3) is 10.0 Å². The Hall–Kier alpha value is -3.07. The summed E-state index contributed by atoms with van der Waals surface area (Å²) >= 11 is 12.5. The highest BCUT2D eigenvalue weighted by Crippen LogP contribution is 2.27. The van der Waals surface area contributed by atoms with E-state index in [-0.39, 0.29) is 23.4 Å². The van der Waals surface area contributed by atoms with E-state index in [0.717, 1.165) is 35.6 Å². The summed E-state index contributed by atoms with van der Waals surface area (Å²) < 4.78 is 28.7. The number of nitrogens with one attached hydrogen (secondary N) is 1. The van der Waals surface area contributed by atoms with Crippen LogP contribution >= 0.6 is 23.2 Å². The van der Waals surface area contributed by atoms with Gasteiger partial charge >= 0.3 is 0 Å². The highest BCUT2D eigenvalue weighted by Gasteiger charge is 2.33. The highest BCUT2D eigenvalue weighted by atomic mass is 35.5. The molecule has 0 spiro atoms. The summed E-state index contributed by atoms with van der Waals surface area (Å²) in [4.78, 5) is 28.8. The van der Waals surface area contributed by atoms with Gasteiger partial charge in [0, 0.05) is 22.6 Å².